The van der Waals surface area contributed by atoms with E-state index < -0.39 is 17.7 Å². The third-order valence-corrected chi connectivity index (χ3v) is 8.12. The zero-order chi connectivity index (χ0) is 30.9. The molecule has 9 heteroatoms. The van der Waals surface area contributed by atoms with Crippen molar-refractivity contribution in [1.29, 1.82) is 0 Å². The zero-order valence-corrected chi connectivity index (χ0v) is 25.9. The molecule has 0 spiro atoms. The maximum absolute atomic E-state index is 13.2. The van der Waals surface area contributed by atoms with Gasteiger partial charge in [-0.05, 0) is 81.3 Å². The molecular formula is C34H41FN4O4. The van der Waals surface area contributed by atoms with Gasteiger partial charge in [0, 0.05) is 30.8 Å². The zero-order valence-electron chi connectivity index (χ0n) is 25.9. The number of nitrogens with zero attached hydrogens (tertiary/aromatic N) is 4. The van der Waals surface area contributed by atoms with E-state index in [1.54, 1.807) is 18.5 Å². The number of carbonyl (C=O) groups is 1. The van der Waals surface area contributed by atoms with Crippen LogP contribution in [0.4, 0.5) is 10.1 Å². The summed E-state index contributed by atoms with van der Waals surface area (Å²) in [6.07, 6.45) is 3.04. The Labute approximate surface area is 252 Å². The van der Waals surface area contributed by atoms with Crippen LogP contribution in [0.15, 0.2) is 54.9 Å². The molecule has 1 fully saturated rings. The highest BCUT2D eigenvalue weighted by Gasteiger charge is 2.37. The number of aryl methyl sites for hydroxylation is 1. The molecule has 3 heterocycles. The highest BCUT2D eigenvalue weighted by atomic mass is 19.1. The number of hydrogen-bond donors (Lipinski definition) is 1. The van der Waals surface area contributed by atoms with E-state index in [0.717, 1.165) is 54.0 Å². The largest absolute Gasteiger partial charge is 0.493 e. The number of aliphatic carboxylic acids is 1. The first kappa shape index (κ1) is 30.5. The van der Waals surface area contributed by atoms with Crippen molar-refractivity contribution in [2.45, 2.75) is 72.5 Å². The molecule has 228 valence electrons. The maximum Gasteiger partial charge on any atom is 0.337 e. The predicted octanol–water partition coefficient (Wildman–Crippen LogP) is 7.03. The van der Waals surface area contributed by atoms with Gasteiger partial charge in [-0.25, -0.2) is 9.18 Å². The fourth-order valence-electron chi connectivity index (χ4n) is 5.68. The van der Waals surface area contributed by atoms with E-state index in [2.05, 4.69) is 28.9 Å². The summed E-state index contributed by atoms with van der Waals surface area (Å²) in [5.41, 5.74) is 5.05. The van der Waals surface area contributed by atoms with E-state index in [4.69, 9.17) is 9.47 Å². The molecule has 0 aliphatic carbocycles. The van der Waals surface area contributed by atoms with Crippen LogP contribution in [0.1, 0.15) is 70.4 Å². The van der Waals surface area contributed by atoms with Crippen LogP contribution < -0.4 is 9.64 Å². The Bertz CT molecular complexity index is 1580. The molecule has 43 heavy (non-hydrogen) atoms. The molecule has 0 unspecified atom stereocenters. The normalized spacial score (nSPS) is 15.9. The Morgan fingerprint density at radius 3 is 2.33 bits per heavy atom. The molecular weight excluding hydrogens is 547 g/mol. The monoisotopic (exact) mass is 588 g/mol. The van der Waals surface area contributed by atoms with Crippen molar-refractivity contribution < 1.29 is 23.8 Å². The van der Waals surface area contributed by atoms with Gasteiger partial charge < -0.3 is 19.5 Å². The lowest BCUT2D eigenvalue weighted by molar-refractivity contribution is -0.160. The van der Waals surface area contributed by atoms with Gasteiger partial charge >= 0.3 is 5.97 Å². The summed E-state index contributed by atoms with van der Waals surface area (Å²) in [4.78, 5) is 15.1. The van der Waals surface area contributed by atoms with Crippen molar-refractivity contribution in [2.24, 2.45) is 5.41 Å². The van der Waals surface area contributed by atoms with Crippen LogP contribution in [0.3, 0.4) is 0 Å². The first-order valence-electron chi connectivity index (χ1n) is 14.8. The topological polar surface area (TPSA) is 89.2 Å². The summed E-state index contributed by atoms with van der Waals surface area (Å²) in [6.45, 7) is 14.1. The number of aromatic nitrogens is 3. The molecule has 8 nitrogen and oxygen atoms in total. The van der Waals surface area contributed by atoms with Crippen molar-refractivity contribution in [3.63, 3.8) is 0 Å². The summed E-state index contributed by atoms with van der Waals surface area (Å²) < 4.78 is 27.3. The Kier molecular flexibility index (Phi) is 8.47. The second-order valence-electron chi connectivity index (χ2n) is 13.1. The second-order valence-corrected chi connectivity index (χ2v) is 13.1. The summed E-state index contributed by atoms with van der Waals surface area (Å²) in [5.74, 6) is -0.593. The Morgan fingerprint density at radius 2 is 1.72 bits per heavy atom. The van der Waals surface area contributed by atoms with Gasteiger partial charge in [0.1, 0.15) is 17.9 Å². The van der Waals surface area contributed by atoms with Crippen molar-refractivity contribution in [1.82, 2.24) is 14.6 Å². The van der Waals surface area contributed by atoms with Crippen LogP contribution in [0.5, 0.6) is 5.75 Å². The molecule has 2 aromatic heterocycles. The molecule has 0 radical (unpaired) electrons. The SMILES string of the molecule is Cc1c([C@H](OC(C)(C)C)C(=O)O)c(N2CCC(C)(C)CC2)c(-c2ccc(OCCc3ccc(F)cc3)cc2)c2nncn12. The molecule has 1 N–H and O–H groups in total. The average Bonchev–Trinajstić information content (AvgIpc) is 3.43. The van der Waals surface area contributed by atoms with E-state index in [-0.39, 0.29) is 11.2 Å². The van der Waals surface area contributed by atoms with Crippen LogP contribution in [0, 0.1) is 18.2 Å². The van der Waals surface area contributed by atoms with Gasteiger partial charge in [-0.15, -0.1) is 10.2 Å². The molecule has 0 bridgehead atoms. The van der Waals surface area contributed by atoms with Crippen LogP contribution in [-0.4, -0.2) is 51.0 Å². The number of halogens is 1. The average molecular weight is 589 g/mol. The number of piperidine rings is 1. The number of pyridine rings is 1. The van der Waals surface area contributed by atoms with Crippen LogP contribution in [0.2, 0.25) is 0 Å². The first-order chi connectivity index (χ1) is 20.3. The minimum atomic E-state index is -1.19. The lowest BCUT2D eigenvalue weighted by atomic mass is 9.82. The van der Waals surface area contributed by atoms with Gasteiger partial charge in [0.05, 0.1) is 23.5 Å². The number of anilines is 1. The van der Waals surface area contributed by atoms with Crippen molar-refractivity contribution in [3.8, 4) is 16.9 Å². The number of carboxylic acid groups (broad SMARTS) is 1. The number of ether oxygens (including phenoxy) is 2. The molecule has 5 rings (SSSR count). The number of benzene rings is 2. The summed E-state index contributed by atoms with van der Waals surface area (Å²) in [6, 6.07) is 14.2. The lowest BCUT2D eigenvalue weighted by Crippen LogP contribution is -2.39. The third kappa shape index (κ3) is 6.82. The number of fused-ring (bicyclic) bond motifs is 1. The van der Waals surface area contributed by atoms with Gasteiger partial charge in [-0.2, -0.15) is 0 Å². The van der Waals surface area contributed by atoms with E-state index >= 15 is 0 Å². The molecule has 1 aliphatic heterocycles. The lowest BCUT2D eigenvalue weighted by Gasteiger charge is -2.41. The van der Waals surface area contributed by atoms with Crippen molar-refractivity contribution in [3.05, 3.63) is 77.5 Å². The molecule has 1 aliphatic rings. The minimum absolute atomic E-state index is 0.200. The molecule has 4 aromatic rings. The second kappa shape index (κ2) is 12.0. The predicted molar refractivity (Wildman–Crippen MR) is 165 cm³/mol. The number of rotatable bonds is 9. The smallest absolute Gasteiger partial charge is 0.337 e. The Balaban J connectivity index is 1.58. The van der Waals surface area contributed by atoms with Gasteiger partial charge in [0.25, 0.3) is 0 Å². The molecule has 2 aromatic carbocycles. The van der Waals surface area contributed by atoms with E-state index in [0.29, 0.717) is 30.0 Å². The fraction of sp³-hybridized carbons (Fsp3) is 0.441. The van der Waals surface area contributed by atoms with Crippen LogP contribution in [0.25, 0.3) is 16.8 Å². The molecule has 1 saturated heterocycles. The van der Waals surface area contributed by atoms with Gasteiger partial charge in [-0.3, -0.25) is 4.40 Å². The molecule has 0 amide bonds. The Hall–Kier alpha value is -3.98. The fourth-order valence-corrected chi connectivity index (χ4v) is 5.68. The van der Waals surface area contributed by atoms with E-state index in [1.165, 1.54) is 12.1 Å². The van der Waals surface area contributed by atoms with Crippen molar-refractivity contribution >= 4 is 17.3 Å². The third-order valence-electron chi connectivity index (χ3n) is 8.12. The van der Waals surface area contributed by atoms with E-state index in [1.807, 2.05) is 56.4 Å². The van der Waals surface area contributed by atoms with Crippen LogP contribution in [-0.2, 0) is 16.0 Å². The van der Waals surface area contributed by atoms with Crippen LogP contribution >= 0.6 is 0 Å². The Morgan fingerprint density at radius 1 is 1.07 bits per heavy atom. The van der Waals surface area contributed by atoms with Crippen molar-refractivity contribution in [2.75, 3.05) is 24.6 Å². The maximum atomic E-state index is 13.2. The molecule has 0 saturated carbocycles. The number of hydrogen-bond acceptors (Lipinski definition) is 6. The first-order valence-corrected chi connectivity index (χ1v) is 14.8. The standard InChI is InChI=1S/C34H41FN4O4/c1-22-27(30(32(40)41)43-33(2,3)4)29(38-18-16-34(5,6)17-19-38)28(31-37-36-21-39(22)31)24-9-13-26(14-10-24)42-20-15-23-7-11-25(35)12-8-23/h7-14,21,30H,15-20H2,1-6H3,(H,40,41)/t30-/m0/s1. The minimum Gasteiger partial charge on any atom is -0.493 e. The summed E-state index contributed by atoms with van der Waals surface area (Å²) in [5, 5.41) is 19.2. The quantitative estimate of drug-likeness (QED) is 0.224. The van der Waals surface area contributed by atoms with Gasteiger partial charge in [0.2, 0.25) is 0 Å². The molecule has 1 atom stereocenters. The van der Waals surface area contributed by atoms with Gasteiger partial charge in [-0.1, -0.05) is 38.1 Å². The highest BCUT2D eigenvalue weighted by molar-refractivity contribution is 5.94. The van der Waals surface area contributed by atoms with E-state index in [9.17, 15) is 14.3 Å². The summed E-state index contributed by atoms with van der Waals surface area (Å²) >= 11 is 0. The summed E-state index contributed by atoms with van der Waals surface area (Å²) in [7, 11) is 0. The number of carboxylic acids is 1. The van der Waals surface area contributed by atoms with Gasteiger partial charge in [0.15, 0.2) is 11.8 Å². The highest BCUT2D eigenvalue weighted by Crippen LogP contribution is 2.45.